The normalized spacial score (nSPS) is 20.6. The van der Waals surface area contributed by atoms with Crippen LogP contribution in [-0.4, -0.2) is 25.3 Å². The number of nitrogens with one attached hydrogen (secondary N) is 2. The molecular weight excluding hydrogens is 199 g/mol. The first-order chi connectivity index (χ1) is 6.83. The van der Waals surface area contributed by atoms with Crippen molar-refractivity contribution in [2.75, 3.05) is 13.2 Å². The summed E-state index contributed by atoms with van der Waals surface area (Å²) in [6.45, 7) is 5.09. The Morgan fingerprint density at radius 2 is 2.21 bits per heavy atom. The Morgan fingerprint density at radius 3 is 2.71 bits per heavy atom. The van der Waals surface area contributed by atoms with E-state index in [-0.39, 0.29) is 12.1 Å². The smallest absolute Gasteiger partial charge is 0.236 e. The van der Waals surface area contributed by atoms with Crippen molar-refractivity contribution in [3.05, 3.63) is 0 Å². The lowest BCUT2D eigenvalue weighted by molar-refractivity contribution is -0.125. The van der Waals surface area contributed by atoms with Crippen LogP contribution in [0.3, 0.4) is 0 Å². The fourth-order valence-electron chi connectivity index (χ4n) is 1.18. The van der Waals surface area contributed by atoms with Gasteiger partial charge >= 0.3 is 0 Å². The zero-order valence-electron chi connectivity index (χ0n) is 9.01. The molecule has 0 aromatic carbocycles. The minimum absolute atomic E-state index is 0.0168. The molecule has 0 spiro atoms. The zero-order valence-corrected chi connectivity index (χ0v) is 10.2. The Morgan fingerprint density at radius 1 is 1.50 bits per heavy atom. The lowest BCUT2D eigenvalue weighted by Gasteiger charge is -2.23. The van der Waals surface area contributed by atoms with Gasteiger partial charge < -0.3 is 10.1 Å². The molecule has 0 aromatic heterocycles. The molecule has 1 amide bonds. The van der Waals surface area contributed by atoms with E-state index in [1.807, 2.05) is 13.8 Å². The van der Waals surface area contributed by atoms with Crippen molar-refractivity contribution < 1.29 is 9.53 Å². The Hall–Kier alpha value is -0.180. The van der Waals surface area contributed by atoms with Crippen molar-refractivity contribution in [3.8, 4) is 0 Å². The van der Waals surface area contributed by atoms with E-state index < -0.39 is 0 Å². The highest BCUT2D eigenvalue weighted by atomic mass is 31.0. The van der Waals surface area contributed by atoms with Gasteiger partial charge in [0.25, 0.3) is 0 Å². The van der Waals surface area contributed by atoms with Gasteiger partial charge in [-0.05, 0) is 19.3 Å². The third-order valence-electron chi connectivity index (χ3n) is 1.76. The number of carbonyl (C=O) groups excluding carboxylic acids is 1. The number of ether oxygens (including phenoxy) is 1. The molecule has 2 N–H and O–H groups in total. The summed E-state index contributed by atoms with van der Waals surface area (Å²) in [6, 6.07) is 0. The van der Waals surface area contributed by atoms with Crippen LogP contribution in [0.1, 0.15) is 33.1 Å². The number of rotatable bonds is 3. The van der Waals surface area contributed by atoms with Crippen LogP contribution >= 0.6 is 9.39 Å². The number of amides is 1. The molecule has 4 nitrogen and oxygen atoms in total. The van der Waals surface area contributed by atoms with E-state index in [2.05, 4.69) is 19.8 Å². The molecule has 1 unspecified atom stereocenters. The van der Waals surface area contributed by atoms with E-state index in [9.17, 15) is 4.79 Å². The maximum atomic E-state index is 11.0. The highest BCUT2D eigenvalue weighted by Crippen LogP contribution is 2.09. The van der Waals surface area contributed by atoms with E-state index in [1.54, 1.807) is 0 Å². The molecule has 1 aliphatic rings. The molecule has 1 heterocycles. The average molecular weight is 220 g/mol. The third kappa shape index (κ3) is 6.30. The SMILES string of the molecule is CC.O=C(CNP)N[C@H]1CCCCO1. The number of carbonyl (C=O) groups is 1. The predicted octanol–water partition coefficient (Wildman–Crippen LogP) is 1.04. The van der Waals surface area contributed by atoms with Gasteiger partial charge in [-0.3, -0.25) is 9.88 Å². The molecule has 0 radical (unpaired) electrons. The molecule has 0 aliphatic carbocycles. The van der Waals surface area contributed by atoms with Crippen LogP contribution in [0.25, 0.3) is 0 Å². The number of hydrogen-bond acceptors (Lipinski definition) is 3. The Balaban J connectivity index is 0.000000791. The molecule has 1 saturated heterocycles. The summed E-state index contributed by atoms with van der Waals surface area (Å²) in [7, 11) is 2.29. The highest BCUT2D eigenvalue weighted by Gasteiger charge is 2.14. The molecule has 1 rings (SSSR count). The molecule has 5 heteroatoms. The average Bonchev–Trinajstić information content (AvgIpc) is 2.22. The first-order valence-corrected chi connectivity index (χ1v) is 5.75. The second-order valence-corrected chi connectivity index (χ2v) is 3.21. The lowest BCUT2D eigenvalue weighted by Crippen LogP contribution is -2.41. The summed E-state index contributed by atoms with van der Waals surface area (Å²) < 4.78 is 5.33. The van der Waals surface area contributed by atoms with Crippen LogP contribution in [0.5, 0.6) is 0 Å². The molecular formula is C9H21N2O2P. The monoisotopic (exact) mass is 220 g/mol. The van der Waals surface area contributed by atoms with E-state index >= 15 is 0 Å². The third-order valence-corrected chi connectivity index (χ3v) is 1.97. The minimum atomic E-state index is -0.0652. The van der Waals surface area contributed by atoms with E-state index in [0.717, 1.165) is 25.9 Å². The second-order valence-electron chi connectivity index (χ2n) is 2.80. The van der Waals surface area contributed by atoms with Gasteiger partial charge in [-0.2, -0.15) is 0 Å². The van der Waals surface area contributed by atoms with Gasteiger partial charge in [0.2, 0.25) is 5.91 Å². The van der Waals surface area contributed by atoms with Crippen LogP contribution < -0.4 is 10.4 Å². The van der Waals surface area contributed by atoms with E-state index in [4.69, 9.17) is 4.74 Å². The first-order valence-electron chi connectivity index (χ1n) is 5.17. The summed E-state index contributed by atoms with van der Waals surface area (Å²) in [6.07, 6.45) is 3.11. The fourth-order valence-corrected chi connectivity index (χ4v) is 1.36. The predicted molar refractivity (Wildman–Crippen MR) is 60.8 cm³/mol. The fraction of sp³-hybridized carbons (Fsp3) is 0.889. The van der Waals surface area contributed by atoms with Crippen molar-refractivity contribution >= 4 is 15.3 Å². The van der Waals surface area contributed by atoms with E-state index in [1.165, 1.54) is 0 Å². The van der Waals surface area contributed by atoms with Gasteiger partial charge in [0.1, 0.15) is 6.23 Å². The van der Waals surface area contributed by atoms with Crippen molar-refractivity contribution in [2.24, 2.45) is 0 Å². The molecule has 0 saturated carbocycles. The van der Waals surface area contributed by atoms with Crippen molar-refractivity contribution in [3.63, 3.8) is 0 Å². The molecule has 1 aliphatic heterocycles. The maximum absolute atomic E-state index is 11.0. The molecule has 1 fully saturated rings. The Labute approximate surface area is 88.4 Å². The first kappa shape index (κ1) is 13.8. The standard InChI is InChI=1S/C7H15N2O2P.C2H6/c10-6(5-8-12)9-7-3-1-2-4-11-7;1-2/h7-8H,1-5,12H2,(H,9,10);1-2H3/t7-;/m1./s1. The second kappa shape index (κ2) is 9.38. The van der Waals surface area contributed by atoms with Crippen molar-refractivity contribution in [2.45, 2.75) is 39.3 Å². The van der Waals surface area contributed by atoms with Crippen LogP contribution in [-0.2, 0) is 9.53 Å². The van der Waals surface area contributed by atoms with Gasteiger partial charge in [0, 0.05) is 6.61 Å². The van der Waals surface area contributed by atoms with Gasteiger partial charge in [-0.1, -0.05) is 23.2 Å². The molecule has 84 valence electrons. The van der Waals surface area contributed by atoms with Crippen LogP contribution in [0.4, 0.5) is 0 Å². The zero-order chi connectivity index (χ0) is 10.8. The van der Waals surface area contributed by atoms with Crippen LogP contribution in [0.15, 0.2) is 0 Å². The quantitative estimate of drug-likeness (QED) is 0.699. The topological polar surface area (TPSA) is 50.4 Å². The van der Waals surface area contributed by atoms with Crippen LogP contribution in [0, 0.1) is 0 Å². The van der Waals surface area contributed by atoms with Gasteiger partial charge in [0.05, 0.1) is 6.54 Å². The Kier molecular flexibility index (Phi) is 9.26. The molecule has 0 bridgehead atoms. The van der Waals surface area contributed by atoms with Gasteiger partial charge in [0.15, 0.2) is 0 Å². The van der Waals surface area contributed by atoms with Gasteiger partial charge in [-0.25, -0.2) is 0 Å². The maximum Gasteiger partial charge on any atom is 0.236 e. The van der Waals surface area contributed by atoms with Crippen molar-refractivity contribution in [1.82, 2.24) is 10.4 Å². The molecule has 0 aromatic rings. The van der Waals surface area contributed by atoms with Gasteiger partial charge in [-0.15, -0.1) is 0 Å². The molecule has 2 atom stereocenters. The summed E-state index contributed by atoms with van der Waals surface area (Å²) in [5.41, 5.74) is 0. The van der Waals surface area contributed by atoms with E-state index in [0.29, 0.717) is 6.54 Å². The Bertz CT molecular complexity index is 150. The summed E-state index contributed by atoms with van der Waals surface area (Å²) in [5, 5.41) is 5.49. The highest BCUT2D eigenvalue weighted by molar-refractivity contribution is 7.13. The van der Waals surface area contributed by atoms with Crippen LogP contribution in [0.2, 0.25) is 0 Å². The largest absolute Gasteiger partial charge is 0.359 e. The lowest BCUT2D eigenvalue weighted by atomic mass is 10.2. The number of hydrogen-bond donors (Lipinski definition) is 2. The summed E-state index contributed by atoms with van der Waals surface area (Å²) >= 11 is 0. The summed E-state index contributed by atoms with van der Waals surface area (Å²) in [5.74, 6) is -0.0168. The summed E-state index contributed by atoms with van der Waals surface area (Å²) in [4.78, 5) is 11.0. The minimum Gasteiger partial charge on any atom is -0.359 e. The molecule has 14 heavy (non-hydrogen) atoms. The van der Waals surface area contributed by atoms with Crippen molar-refractivity contribution in [1.29, 1.82) is 0 Å².